The van der Waals surface area contributed by atoms with Crippen molar-refractivity contribution in [1.82, 2.24) is 14.6 Å². The number of anilines is 1. The van der Waals surface area contributed by atoms with Crippen molar-refractivity contribution in [3.63, 3.8) is 0 Å². The van der Waals surface area contributed by atoms with Gasteiger partial charge in [-0.2, -0.15) is 0 Å². The summed E-state index contributed by atoms with van der Waals surface area (Å²) in [7, 11) is 0. The summed E-state index contributed by atoms with van der Waals surface area (Å²) in [6, 6.07) is 10.0. The molecule has 0 saturated carbocycles. The van der Waals surface area contributed by atoms with Gasteiger partial charge in [0.25, 0.3) is 0 Å². The van der Waals surface area contributed by atoms with E-state index in [-0.39, 0.29) is 0 Å². The van der Waals surface area contributed by atoms with Gasteiger partial charge in [-0.25, -0.2) is 9.50 Å². The maximum atomic E-state index is 6.02. The first-order valence-corrected chi connectivity index (χ1v) is 5.84. The number of benzene rings is 1. The van der Waals surface area contributed by atoms with Crippen LogP contribution in [-0.4, -0.2) is 14.6 Å². The maximum absolute atomic E-state index is 6.02. The van der Waals surface area contributed by atoms with Gasteiger partial charge in [-0.1, -0.05) is 24.3 Å². The minimum Gasteiger partial charge on any atom is -0.395 e. The van der Waals surface area contributed by atoms with E-state index in [2.05, 4.69) is 23.1 Å². The van der Waals surface area contributed by atoms with Gasteiger partial charge in [0.2, 0.25) is 0 Å². The molecule has 0 aliphatic rings. The van der Waals surface area contributed by atoms with Crippen molar-refractivity contribution in [3.05, 3.63) is 47.7 Å². The van der Waals surface area contributed by atoms with Crippen LogP contribution in [0.3, 0.4) is 0 Å². The molecule has 1 aromatic carbocycles. The predicted molar refractivity (Wildman–Crippen MR) is 72.3 cm³/mol. The number of hydrogen-bond acceptors (Lipinski definition) is 3. The minimum absolute atomic E-state index is 0.685. The Labute approximate surface area is 105 Å². The summed E-state index contributed by atoms with van der Waals surface area (Å²) < 4.78 is 1.73. The Hall–Kier alpha value is -2.36. The van der Waals surface area contributed by atoms with Gasteiger partial charge in [0.1, 0.15) is 0 Å². The number of hydrogen-bond donors (Lipinski definition) is 1. The zero-order valence-electron chi connectivity index (χ0n) is 10.4. The van der Waals surface area contributed by atoms with E-state index in [9.17, 15) is 0 Å². The molecule has 2 heterocycles. The standard InChI is InChI=1S/C14H14N4/c1-9-5-3-4-6-11(9)13-16-14-12(15)10(2)7-8-18(14)17-13/h3-8H,15H2,1-2H3. The third-order valence-corrected chi connectivity index (χ3v) is 3.15. The molecule has 4 nitrogen and oxygen atoms in total. The third kappa shape index (κ3) is 1.54. The molecule has 0 amide bonds. The Morgan fingerprint density at radius 2 is 1.83 bits per heavy atom. The highest BCUT2D eigenvalue weighted by atomic mass is 15.3. The Morgan fingerprint density at radius 1 is 1.06 bits per heavy atom. The Kier molecular flexibility index (Phi) is 2.30. The molecular weight excluding hydrogens is 224 g/mol. The average Bonchev–Trinajstić information content (AvgIpc) is 2.79. The fraction of sp³-hybridized carbons (Fsp3) is 0.143. The summed E-state index contributed by atoms with van der Waals surface area (Å²) >= 11 is 0. The summed E-state index contributed by atoms with van der Waals surface area (Å²) in [5, 5.41) is 4.47. The number of aromatic nitrogens is 3. The fourth-order valence-corrected chi connectivity index (χ4v) is 2.00. The number of nitrogens with zero attached hydrogens (tertiary/aromatic N) is 3. The molecule has 4 heteroatoms. The Bertz CT molecular complexity index is 728. The first-order valence-electron chi connectivity index (χ1n) is 5.84. The number of nitrogen functional groups attached to an aromatic ring is 1. The van der Waals surface area contributed by atoms with Crippen molar-refractivity contribution in [2.75, 3.05) is 5.73 Å². The second kappa shape index (κ2) is 3.84. The molecule has 2 N–H and O–H groups in total. The second-order valence-electron chi connectivity index (χ2n) is 4.43. The highest BCUT2D eigenvalue weighted by Crippen LogP contribution is 2.23. The van der Waals surface area contributed by atoms with Crippen molar-refractivity contribution in [2.45, 2.75) is 13.8 Å². The van der Waals surface area contributed by atoms with Crippen molar-refractivity contribution in [1.29, 1.82) is 0 Å². The molecule has 3 aromatic rings. The summed E-state index contributed by atoms with van der Waals surface area (Å²) in [6.45, 7) is 4.02. The molecule has 0 aliphatic heterocycles. The van der Waals surface area contributed by atoms with E-state index in [1.165, 1.54) is 0 Å². The molecule has 0 bridgehead atoms. The van der Waals surface area contributed by atoms with Gasteiger partial charge in [-0.15, -0.1) is 5.10 Å². The SMILES string of the molecule is Cc1ccccc1-c1nc2c(N)c(C)ccn2n1. The number of aryl methyl sites for hydroxylation is 2. The van der Waals surface area contributed by atoms with Crippen LogP contribution in [0.25, 0.3) is 17.0 Å². The fourth-order valence-electron chi connectivity index (χ4n) is 2.00. The topological polar surface area (TPSA) is 56.2 Å². The Morgan fingerprint density at radius 3 is 2.61 bits per heavy atom. The molecular formula is C14H14N4. The molecule has 0 fully saturated rings. The normalized spacial score (nSPS) is 11.0. The second-order valence-corrected chi connectivity index (χ2v) is 4.43. The average molecular weight is 238 g/mol. The van der Waals surface area contributed by atoms with Gasteiger partial charge in [0, 0.05) is 11.8 Å². The van der Waals surface area contributed by atoms with E-state index in [1.54, 1.807) is 4.52 Å². The van der Waals surface area contributed by atoms with Crippen molar-refractivity contribution in [3.8, 4) is 11.4 Å². The van der Waals surface area contributed by atoms with Crippen molar-refractivity contribution >= 4 is 11.3 Å². The monoisotopic (exact) mass is 238 g/mol. The third-order valence-electron chi connectivity index (χ3n) is 3.15. The lowest BCUT2D eigenvalue weighted by Crippen LogP contribution is -1.96. The number of rotatable bonds is 1. The van der Waals surface area contributed by atoms with Crippen LogP contribution < -0.4 is 5.73 Å². The summed E-state index contributed by atoms with van der Waals surface area (Å²) in [5.74, 6) is 0.713. The van der Waals surface area contributed by atoms with Crippen LogP contribution in [0.4, 0.5) is 5.69 Å². The highest BCUT2D eigenvalue weighted by molar-refractivity contribution is 5.71. The van der Waals surface area contributed by atoms with Gasteiger partial charge >= 0.3 is 0 Å². The van der Waals surface area contributed by atoms with E-state index in [0.29, 0.717) is 17.2 Å². The van der Waals surface area contributed by atoms with Crippen LogP contribution >= 0.6 is 0 Å². The lowest BCUT2D eigenvalue weighted by Gasteiger charge is -1.98. The number of pyridine rings is 1. The molecule has 0 saturated heterocycles. The van der Waals surface area contributed by atoms with Gasteiger partial charge < -0.3 is 5.73 Å². The molecule has 0 aliphatic carbocycles. The van der Waals surface area contributed by atoms with Crippen LogP contribution in [-0.2, 0) is 0 Å². The summed E-state index contributed by atoms with van der Waals surface area (Å²) in [5.41, 5.74) is 10.6. The first-order chi connectivity index (χ1) is 8.66. The van der Waals surface area contributed by atoms with Gasteiger partial charge in [0.15, 0.2) is 11.5 Å². The van der Waals surface area contributed by atoms with Crippen LogP contribution in [0.15, 0.2) is 36.5 Å². The molecule has 3 rings (SSSR count). The lowest BCUT2D eigenvalue weighted by molar-refractivity contribution is 0.963. The molecule has 2 aromatic heterocycles. The van der Waals surface area contributed by atoms with Crippen molar-refractivity contribution in [2.24, 2.45) is 0 Å². The van der Waals surface area contributed by atoms with Crippen LogP contribution in [0, 0.1) is 13.8 Å². The van der Waals surface area contributed by atoms with Crippen LogP contribution in [0.5, 0.6) is 0 Å². The van der Waals surface area contributed by atoms with Crippen LogP contribution in [0.2, 0.25) is 0 Å². The first kappa shape index (κ1) is 10.8. The van der Waals surface area contributed by atoms with E-state index in [0.717, 1.165) is 16.7 Å². The smallest absolute Gasteiger partial charge is 0.182 e. The molecule has 90 valence electrons. The molecule has 0 atom stereocenters. The van der Waals surface area contributed by atoms with Crippen molar-refractivity contribution < 1.29 is 0 Å². The molecule has 0 unspecified atom stereocenters. The van der Waals surface area contributed by atoms with E-state index in [4.69, 9.17) is 5.73 Å². The van der Waals surface area contributed by atoms with Gasteiger partial charge in [-0.05, 0) is 31.0 Å². The quantitative estimate of drug-likeness (QED) is 0.709. The van der Waals surface area contributed by atoms with Gasteiger partial charge in [-0.3, -0.25) is 0 Å². The zero-order chi connectivity index (χ0) is 12.7. The number of fused-ring (bicyclic) bond motifs is 1. The largest absolute Gasteiger partial charge is 0.395 e. The molecule has 18 heavy (non-hydrogen) atoms. The molecule has 0 radical (unpaired) electrons. The highest BCUT2D eigenvalue weighted by Gasteiger charge is 2.11. The number of nitrogens with two attached hydrogens (primary N) is 1. The zero-order valence-corrected chi connectivity index (χ0v) is 10.4. The van der Waals surface area contributed by atoms with Crippen LogP contribution in [0.1, 0.15) is 11.1 Å². The molecule has 0 spiro atoms. The minimum atomic E-state index is 0.685. The van der Waals surface area contributed by atoms with Gasteiger partial charge in [0.05, 0.1) is 5.69 Å². The van der Waals surface area contributed by atoms with E-state index < -0.39 is 0 Å². The maximum Gasteiger partial charge on any atom is 0.182 e. The predicted octanol–water partition coefficient (Wildman–Crippen LogP) is 2.60. The Balaban J connectivity index is 2.26. The lowest BCUT2D eigenvalue weighted by atomic mass is 10.1. The summed E-state index contributed by atoms with van der Waals surface area (Å²) in [6.07, 6.45) is 1.88. The van der Waals surface area contributed by atoms with E-state index in [1.807, 2.05) is 37.4 Å². The van der Waals surface area contributed by atoms with E-state index >= 15 is 0 Å². The summed E-state index contributed by atoms with van der Waals surface area (Å²) in [4.78, 5) is 4.53.